The molecule has 59 heavy (non-hydrogen) atoms. The first-order valence-electron chi connectivity index (χ1n) is 19.7. The highest BCUT2D eigenvalue weighted by Gasteiger charge is 2.22. The molecule has 0 N–H and O–H groups in total. The van der Waals surface area contributed by atoms with E-state index >= 15 is 0 Å². The molecular formula is C53H34N6. The van der Waals surface area contributed by atoms with E-state index in [1.165, 1.54) is 0 Å². The van der Waals surface area contributed by atoms with Crippen molar-refractivity contribution < 1.29 is 0 Å². The number of fused-ring (bicyclic) bond motifs is 3. The molecule has 3 aromatic heterocycles. The monoisotopic (exact) mass is 754 g/mol. The van der Waals surface area contributed by atoms with Crippen LogP contribution in [-0.2, 0) is 0 Å². The molecule has 0 aliphatic heterocycles. The van der Waals surface area contributed by atoms with Crippen LogP contribution in [0.25, 0.3) is 106 Å². The zero-order valence-electron chi connectivity index (χ0n) is 31.8. The lowest BCUT2D eigenvalue weighted by Crippen LogP contribution is -2.02. The van der Waals surface area contributed by atoms with Crippen LogP contribution in [0, 0.1) is 0 Å². The molecule has 6 heteroatoms. The van der Waals surface area contributed by atoms with Crippen molar-refractivity contribution in [2.75, 3.05) is 0 Å². The zero-order valence-corrected chi connectivity index (χ0v) is 31.8. The van der Waals surface area contributed by atoms with Crippen LogP contribution in [-0.4, -0.2) is 29.5 Å². The minimum atomic E-state index is 0.615. The summed E-state index contributed by atoms with van der Waals surface area (Å²) in [5, 5.41) is 4.53. The number of benzene rings is 8. The van der Waals surface area contributed by atoms with Gasteiger partial charge in [-0.3, -0.25) is 9.55 Å². The average molecular weight is 755 g/mol. The fraction of sp³-hybridized carbons (Fsp3) is 0. The maximum absolute atomic E-state index is 5.15. The number of imidazole rings is 1. The standard InChI is InChI=1S/C53H34N6/c1-3-16-35(17-4-1)39-20-15-21-40(34-39)52-57-50(37-18-5-2-6-19-37)56-51(58-52)38-31-29-36(30-32-38)48-41-22-7-9-24-43(41)49(44-25-10-8-23-42(44)48)59-47-28-12-11-26-45(47)55-53(59)46-27-13-14-33-54-46/h1-34H. The van der Waals surface area contributed by atoms with E-state index in [9.17, 15) is 0 Å². The lowest BCUT2D eigenvalue weighted by molar-refractivity contribution is 1.07. The van der Waals surface area contributed by atoms with Crippen LogP contribution >= 0.6 is 0 Å². The van der Waals surface area contributed by atoms with Crippen molar-refractivity contribution in [3.05, 3.63) is 206 Å². The Labute approximate surface area is 340 Å². The van der Waals surface area contributed by atoms with Gasteiger partial charge in [-0.1, -0.05) is 170 Å². The number of rotatable bonds is 7. The highest BCUT2D eigenvalue weighted by atomic mass is 15.1. The molecule has 0 bridgehead atoms. The van der Waals surface area contributed by atoms with Gasteiger partial charge in [-0.2, -0.15) is 0 Å². The molecule has 0 saturated heterocycles. The van der Waals surface area contributed by atoms with E-state index < -0.39 is 0 Å². The molecular weight excluding hydrogens is 721 g/mol. The minimum absolute atomic E-state index is 0.615. The van der Waals surface area contributed by atoms with Crippen molar-refractivity contribution >= 4 is 32.6 Å². The van der Waals surface area contributed by atoms with Gasteiger partial charge in [0.15, 0.2) is 23.3 Å². The summed E-state index contributed by atoms with van der Waals surface area (Å²) in [5.41, 5.74) is 11.1. The second-order valence-electron chi connectivity index (χ2n) is 14.5. The summed E-state index contributed by atoms with van der Waals surface area (Å²) in [5.74, 6) is 2.67. The van der Waals surface area contributed by atoms with Crippen LogP contribution in [0.15, 0.2) is 206 Å². The average Bonchev–Trinajstić information content (AvgIpc) is 3.71. The summed E-state index contributed by atoms with van der Waals surface area (Å²) in [6.07, 6.45) is 1.83. The van der Waals surface area contributed by atoms with Gasteiger partial charge in [-0.05, 0) is 63.4 Å². The van der Waals surface area contributed by atoms with Crippen molar-refractivity contribution in [2.45, 2.75) is 0 Å². The van der Waals surface area contributed by atoms with Crippen LogP contribution < -0.4 is 0 Å². The number of hydrogen-bond acceptors (Lipinski definition) is 5. The minimum Gasteiger partial charge on any atom is -0.290 e. The van der Waals surface area contributed by atoms with Crippen LogP contribution in [0.2, 0.25) is 0 Å². The molecule has 0 aliphatic rings. The summed E-state index contributed by atoms with van der Waals surface area (Å²) >= 11 is 0. The highest BCUT2D eigenvalue weighted by Crippen LogP contribution is 2.43. The second kappa shape index (κ2) is 14.4. The van der Waals surface area contributed by atoms with E-state index in [4.69, 9.17) is 24.9 Å². The van der Waals surface area contributed by atoms with Crippen LogP contribution in [0.1, 0.15) is 0 Å². The predicted molar refractivity (Wildman–Crippen MR) is 240 cm³/mol. The van der Waals surface area contributed by atoms with Gasteiger partial charge in [-0.15, -0.1) is 0 Å². The van der Waals surface area contributed by atoms with Crippen LogP contribution in [0.3, 0.4) is 0 Å². The number of hydrogen-bond donors (Lipinski definition) is 0. The van der Waals surface area contributed by atoms with E-state index in [-0.39, 0.29) is 0 Å². The van der Waals surface area contributed by atoms with Gasteiger partial charge in [0, 0.05) is 33.7 Å². The SMILES string of the molecule is c1ccc(-c2cccc(-c3nc(-c4ccccc4)nc(-c4ccc(-c5c6ccccc6c(-n6c(-c7ccccn7)nc7ccccc76)c6ccccc56)cc4)n3)c2)cc1. The first-order valence-corrected chi connectivity index (χ1v) is 19.7. The van der Waals surface area contributed by atoms with Gasteiger partial charge < -0.3 is 0 Å². The summed E-state index contributed by atoms with van der Waals surface area (Å²) in [7, 11) is 0. The molecule has 3 heterocycles. The number of pyridine rings is 1. The van der Waals surface area contributed by atoms with Crippen molar-refractivity contribution in [1.82, 2.24) is 29.5 Å². The summed E-state index contributed by atoms with van der Waals surface area (Å²) in [4.78, 5) is 25.0. The Morgan fingerprint density at radius 1 is 0.339 bits per heavy atom. The molecule has 11 aromatic rings. The summed E-state index contributed by atoms with van der Waals surface area (Å²) in [6, 6.07) is 69.2. The largest absolute Gasteiger partial charge is 0.290 e. The van der Waals surface area contributed by atoms with E-state index in [1.54, 1.807) is 0 Å². The van der Waals surface area contributed by atoms with E-state index in [0.717, 1.165) is 88.7 Å². The molecule has 0 atom stereocenters. The molecule has 8 aromatic carbocycles. The van der Waals surface area contributed by atoms with E-state index in [2.05, 4.69) is 144 Å². The first kappa shape index (κ1) is 34.2. The smallest absolute Gasteiger partial charge is 0.164 e. The maximum atomic E-state index is 5.15. The Morgan fingerprint density at radius 2 is 0.847 bits per heavy atom. The molecule has 0 unspecified atom stereocenters. The summed E-state index contributed by atoms with van der Waals surface area (Å²) < 4.78 is 2.29. The van der Waals surface area contributed by atoms with Crippen molar-refractivity contribution in [3.63, 3.8) is 0 Å². The number of aromatic nitrogens is 6. The lowest BCUT2D eigenvalue weighted by Gasteiger charge is -2.20. The van der Waals surface area contributed by atoms with Gasteiger partial charge in [0.25, 0.3) is 0 Å². The Balaban J connectivity index is 1.07. The third-order valence-electron chi connectivity index (χ3n) is 10.9. The summed E-state index contributed by atoms with van der Waals surface area (Å²) in [6.45, 7) is 0. The predicted octanol–water partition coefficient (Wildman–Crippen LogP) is 12.9. The molecule has 0 amide bonds. The molecule has 0 radical (unpaired) electrons. The Kier molecular flexibility index (Phi) is 8.37. The fourth-order valence-electron chi connectivity index (χ4n) is 8.18. The Morgan fingerprint density at radius 3 is 1.51 bits per heavy atom. The topological polar surface area (TPSA) is 69.4 Å². The number of para-hydroxylation sites is 2. The normalized spacial score (nSPS) is 11.4. The van der Waals surface area contributed by atoms with Gasteiger partial charge in [0.1, 0.15) is 5.69 Å². The lowest BCUT2D eigenvalue weighted by atomic mass is 9.90. The van der Waals surface area contributed by atoms with Gasteiger partial charge in [0.05, 0.1) is 16.7 Å². The van der Waals surface area contributed by atoms with Crippen molar-refractivity contribution in [2.24, 2.45) is 0 Å². The molecule has 0 saturated carbocycles. The Hall–Kier alpha value is -8.09. The molecule has 11 rings (SSSR count). The molecule has 0 fully saturated rings. The number of nitrogens with zero attached hydrogens (tertiary/aromatic N) is 6. The molecule has 6 nitrogen and oxygen atoms in total. The van der Waals surface area contributed by atoms with Crippen LogP contribution in [0.5, 0.6) is 0 Å². The third kappa shape index (κ3) is 6.11. The van der Waals surface area contributed by atoms with Gasteiger partial charge in [0.2, 0.25) is 0 Å². The van der Waals surface area contributed by atoms with Crippen molar-refractivity contribution in [1.29, 1.82) is 0 Å². The first-order chi connectivity index (χ1) is 29.3. The van der Waals surface area contributed by atoms with Crippen LogP contribution in [0.4, 0.5) is 0 Å². The second-order valence-corrected chi connectivity index (χ2v) is 14.5. The van der Waals surface area contributed by atoms with Gasteiger partial charge in [-0.25, -0.2) is 19.9 Å². The quantitative estimate of drug-likeness (QED) is 0.152. The zero-order chi connectivity index (χ0) is 39.1. The maximum Gasteiger partial charge on any atom is 0.164 e. The van der Waals surface area contributed by atoms with E-state index in [1.807, 2.05) is 66.9 Å². The molecule has 0 aliphatic carbocycles. The molecule has 276 valence electrons. The molecule has 0 spiro atoms. The van der Waals surface area contributed by atoms with Crippen molar-refractivity contribution in [3.8, 4) is 73.6 Å². The third-order valence-corrected chi connectivity index (χ3v) is 10.9. The van der Waals surface area contributed by atoms with E-state index in [0.29, 0.717) is 17.5 Å². The Bertz CT molecular complexity index is 3250. The fourth-order valence-corrected chi connectivity index (χ4v) is 8.18. The van der Waals surface area contributed by atoms with Gasteiger partial charge >= 0.3 is 0 Å². The highest BCUT2D eigenvalue weighted by molar-refractivity contribution is 6.19.